The first kappa shape index (κ1) is 21.8. The third-order valence-corrected chi connectivity index (χ3v) is 3.12. The van der Waals surface area contributed by atoms with E-state index in [4.69, 9.17) is 37.8 Å². The van der Waals surface area contributed by atoms with Crippen molar-refractivity contribution < 1.29 is 19.4 Å². The van der Waals surface area contributed by atoms with Crippen molar-refractivity contribution in [2.45, 2.75) is 64.1 Å². The summed E-state index contributed by atoms with van der Waals surface area (Å²) in [5.74, 6) is -1.47. The van der Waals surface area contributed by atoms with Crippen LogP contribution in [0.5, 0.6) is 0 Å². The van der Waals surface area contributed by atoms with Crippen LogP contribution in [-0.2, 0) is 14.3 Å². The van der Waals surface area contributed by atoms with Gasteiger partial charge in [0.2, 0.25) is 0 Å². The topological polar surface area (TPSA) is 63.6 Å². The van der Waals surface area contributed by atoms with Crippen LogP contribution in [0.3, 0.4) is 0 Å². The van der Waals surface area contributed by atoms with E-state index in [1.54, 1.807) is 6.92 Å². The lowest BCUT2D eigenvalue weighted by molar-refractivity contribution is -0.147. The first-order chi connectivity index (χ1) is 9.36. The zero-order valence-corrected chi connectivity index (χ0v) is 14.0. The van der Waals surface area contributed by atoms with Gasteiger partial charge in [-0.25, -0.2) is 0 Å². The van der Waals surface area contributed by atoms with Gasteiger partial charge in [0.1, 0.15) is 4.84 Å². The highest BCUT2D eigenvalue weighted by Gasteiger charge is 2.25. The summed E-state index contributed by atoms with van der Waals surface area (Å²) in [7, 11) is 0. The zero-order valence-electron chi connectivity index (χ0n) is 12.5. The fourth-order valence-electron chi connectivity index (χ4n) is 1.56. The van der Waals surface area contributed by atoms with Crippen molar-refractivity contribution in [3.63, 3.8) is 0 Å². The molecular formula is C14H26Cl2O4. The molecule has 0 amide bonds. The van der Waals surface area contributed by atoms with E-state index in [1.165, 1.54) is 19.3 Å². The maximum atomic E-state index is 11.5. The van der Waals surface area contributed by atoms with Crippen LogP contribution in [0.25, 0.3) is 0 Å². The van der Waals surface area contributed by atoms with Crippen LogP contribution < -0.4 is 0 Å². The Balaban J connectivity index is 0. The van der Waals surface area contributed by atoms with Gasteiger partial charge in [0, 0.05) is 6.92 Å². The molecule has 0 saturated carbocycles. The van der Waals surface area contributed by atoms with Crippen molar-refractivity contribution in [3.05, 3.63) is 0 Å². The van der Waals surface area contributed by atoms with Crippen LogP contribution in [0.2, 0.25) is 0 Å². The Kier molecular flexibility index (Phi) is 16.3. The zero-order chi connectivity index (χ0) is 16.0. The molecule has 20 heavy (non-hydrogen) atoms. The predicted octanol–water partition coefficient (Wildman–Crippen LogP) is 4.42. The molecule has 0 aliphatic heterocycles. The van der Waals surface area contributed by atoms with Crippen molar-refractivity contribution in [1.29, 1.82) is 0 Å². The molecule has 0 aromatic heterocycles. The van der Waals surface area contributed by atoms with Crippen LogP contribution in [0.4, 0.5) is 0 Å². The molecule has 0 saturated heterocycles. The van der Waals surface area contributed by atoms with Crippen molar-refractivity contribution in [2.24, 2.45) is 5.92 Å². The molecule has 0 radical (unpaired) electrons. The van der Waals surface area contributed by atoms with Crippen LogP contribution in [-0.4, -0.2) is 28.5 Å². The van der Waals surface area contributed by atoms with E-state index in [0.29, 0.717) is 6.61 Å². The van der Waals surface area contributed by atoms with E-state index < -0.39 is 10.8 Å². The third kappa shape index (κ3) is 15.6. The van der Waals surface area contributed by atoms with Gasteiger partial charge in [0.15, 0.2) is 0 Å². The minimum absolute atomic E-state index is 0.270. The summed E-state index contributed by atoms with van der Waals surface area (Å²) >= 11 is 11.6. The smallest absolute Gasteiger partial charge is 0.311 e. The number of carboxylic acids is 1. The summed E-state index contributed by atoms with van der Waals surface area (Å²) in [5, 5.41) is 7.42. The van der Waals surface area contributed by atoms with E-state index in [1.807, 2.05) is 0 Å². The molecule has 4 nitrogen and oxygen atoms in total. The number of alkyl halides is 2. The number of esters is 1. The number of hydrogen-bond donors (Lipinski definition) is 1. The Morgan fingerprint density at radius 1 is 1.10 bits per heavy atom. The Labute approximate surface area is 131 Å². The van der Waals surface area contributed by atoms with Gasteiger partial charge in [-0.1, -0.05) is 39.0 Å². The third-order valence-electron chi connectivity index (χ3n) is 2.51. The Morgan fingerprint density at radius 2 is 1.60 bits per heavy atom. The van der Waals surface area contributed by atoms with Crippen LogP contribution in [0.1, 0.15) is 59.3 Å². The second kappa shape index (κ2) is 14.9. The first-order valence-corrected chi connectivity index (χ1v) is 7.88. The largest absolute Gasteiger partial charge is 0.481 e. The molecule has 6 heteroatoms. The Bertz CT molecular complexity index is 254. The van der Waals surface area contributed by atoms with Gasteiger partial charge in [-0.05, 0) is 13.3 Å². The molecular weight excluding hydrogens is 303 g/mol. The average Bonchev–Trinajstić information content (AvgIpc) is 2.32. The number of aliphatic carboxylic acids is 1. The minimum Gasteiger partial charge on any atom is -0.481 e. The van der Waals surface area contributed by atoms with Gasteiger partial charge in [-0.15, -0.1) is 23.2 Å². The maximum absolute atomic E-state index is 11.5. The molecule has 120 valence electrons. The second-order valence-electron chi connectivity index (χ2n) is 4.41. The van der Waals surface area contributed by atoms with Crippen molar-refractivity contribution in [1.82, 2.24) is 0 Å². The quantitative estimate of drug-likeness (QED) is 0.386. The number of rotatable bonds is 9. The molecule has 1 N–H and O–H groups in total. The summed E-state index contributed by atoms with van der Waals surface area (Å²) in [6.07, 6.45) is 6.51. The Morgan fingerprint density at radius 3 is 2.00 bits per heavy atom. The van der Waals surface area contributed by atoms with Gasteiger partial charge >= 0.3 is 5.97 Å². The van der Waals surface area contributed by atoms with Crippen LogP contribution in [0, 0.1) is 5.92 Å². The molecule has 0 fully saturated rings. The standard InChI is InChI=1S/C12H22Cl2O2.C2H4O2/c1-3-5-6-7-8-9-10(11(13)14)12(15)16-4-2;1-2(3)4/h10-11H,3-9H2,1-2H3;1H3,(H,3,4). The average molecular weight is 329 g/mol. The lowest BCUT2D eigenvalue weighted by Gasteiger charge is -2.15. The Hall–Kier alpha value is -0.480. The normalized spacial score (nSPS) is 11.5. The lowest BCUT2D eigenvalue weighted by Crippen LogP contribution is -2.23. The highest BCUT2D eigenvalue weighted by molar-refractivity contribution is 6.45. The highest BCUT2D eigenvalue weighted by Crippen LogP contribution is 2.23. The SMILES string of the molecule is CC(=O)O.CCCCCCCC(C(=O)OCC)C(Cl)Cl. The van der Waals surface area contributed by atoms with Gasteiger partial charge in [0.25, 0.3) is 5.97 Å². The number of carboxylic acid groups (broad SMARTS) is 1. The number of unbranched alkanes of at least 4 members (excludes halogenated alkanes) is 4. The van der Waals surface area contributed by atoms with E-state index in [0.717, 1.165) is 26.2 Å². The summed E-state index contributed by atoms with van der Waals surface area (Å²) < 4.78 is 4.94. The number of halogens is 2. The fourth-order valence-corrected chi connectivity index (χ4v) is 2.02. The van der Waals surface area contributed by atoms with Crippen molar-refractivity contribution >= 4 is 35.1 Å². The highest BCUT2D eigenvalue weighted by atomic mass is 35.5. The summed E-state index contributed by atoms with van der Waals surface area (Å²) in [6.45, 7) is 5.42. The van der Waals surface area contributed by atoms with Gasteiger partial charge < -0.3 is 9.84 Å². The summed E-state index contributed by atoms with van der Waals surface area (Å²) in [5.41, 5.74) is 0. The molecule has 0 heterocycles. The van der Waals surface area contributed by atoms with Crippen molar-refractivity contribution in [2.75, 3.05) is 6.61 Å². The number of ether oxygens (including phenoxy) is 1. The van der Waals surface area contributed by atoms with Crippen LogP contribution >= 0.6 is 23.2 Å². The van der Waals surface area contributed by atoms with E-state index in [9.17, 15) is 4.79 Å². The molecule has 0 rings (SSSR count). The first-order valence-electron chi connectivity index (χ1n) is 7.01. The van der Waals surface area contributed by atoms with E-state index in [2.05, 4.69) is 6.92 Å². The summed E-state index contributed by atoms with van der Waals surface area (Å²) in [6, 6.07) is 0. The number of carbonyl (C=O) groups is 2. The maximum Gasteiger partial charge on any atom is 0.311 e. The van der Waals surface area contributed by atoms with Gasteiger partial charge in [-0.3, -0.25) is 9.59 Å². The molecule has 0 bridgehead atoms. The molecule has 1 atom stereocenters. The predicted molar refractivity (Wildman–Crippen MR) is 82.3 cm³/mol. The number of carbonyl (C=O) groups excluding carboxylic acids is 1. The monoisotopic (exact) mass is 328 g/mol. The van der Waals surface area contributed by atoms with E-state index >= 15 is 0 Å². The van der Waals surface area contributed by atoms with Crippen molar-refractivity contribution in [3.8, 4) is 0 Å². The fraction of sp³-hybridized carbons (Fsp3) is 0.857. The molecule has 0 aromatic carbocycles. The van der Waals surface area contributed by atoms with Gasteiger partial charge in [-0.2, -0.15) is 0 Å². The molecule has 0 aliphatic rings. The molecule has 1 unspecified atom stereocenters. The van der Waals surface area contributed by atoms with E-state index in [-0.39, 0.29) is 11.9 Å². The number of hydrogen-bond acceptors (Lipinski definition) is 3. The van der Waals surface area contributed by atoms with Gasteiger partial charge in [0.05, 0.1) is 12.5 Å². The molecule has 0 aliphatic carbocycles. The molecule has 0 aromatic rings. The van der Waals surface area contributed by atoms with Crippen LogP contribution in [0.15, 0.2) is 0 Å². The summed E-state index contributed by atoms with van der Waals surface area (Å²) in [4.78, 5) is 19.9. The second-order valence-corrected chi connectivity index (χ2v) is 5.58. The molecule has 0 spiro atoms. The lowest BCUT2D eigenvalue weighted by atomic mass is 10.0. The minimum atomic E-state index is -0.833.